The molecule has 1 heterocycles. The van der Waals surface area contributed by atoms with Crippen LogP contribution in [0.2, 0.25) is 0 Å². The molecule has 0 fully saturated rings. The van der Waals surface area contributed by atoms with Crippen LogP contribution in [0.1, 0.15) is 0 Å². The van der Waals surface area contributed by atoms with E-state index in [1.54, 1.807) is 0 Å². The molecule has 0 saturated heterocycles. The largest absolute Gasteiger partial charge is 0.309 e. The standard InChI is InChI=1S/C40H26BrN/c41-38-24-22-30(27-17-19-29(20-18-27)34-15-8-10-28-9-4-5-13-33(28)34)25-37(38)31-21-23-36-35-14-6-7-16-39(35)42(40(36)26-31)32-11-2-1-3-12-32/h1-26H. The average Bonchev–Trinajstić information content (AvgIpc) is 3.39. The van der Waals surface area contributed by atoms with Crippen LogP contribution in [0.25, 0.3) is 71.6 Å². The van der Waals surface area contributed by atoms with Gasteiger partial charge in [-0.25, -0.2) is 0 Å². The van der Waals surface area contributed by atoms with Crippen molar-refractivity contribution in [1.82, 2.24) is 4.57 Å². The quantitative estimate of drug-likeness (QED) is 0.189. The molecular formula is C40H26BrN. The van der Waals surface area contributed by atoms with Crippen LogP contribution in [0, 0.1) is 0 Å². The molecule has 2 heteroatoms. The number of aromatic nitrogens is 1. The summed E-state index contributed by atoms with van der Waals surface area (Å²) in [5, 5.41) is 5.07. The molecule has 1 aromatic heterocycles. The Kier molecular flexibility index (Phi) is 6.01. The average molecular weight is 601 g/mol. The van der Waals surface area contributed by atoms with Gasteiger partial charge >= 0.3 is 0 Å². The van der Waals surface area contributed by atoms with Gasteiger partial charge in [-0.1, -0.05) is 137 Å². The highest BCUT2D eigenvalue weighted by Gasteiger charge is 2.14. The molecule has 0 radical (unpaired) electrons. The highest BCUT2D eigenvalue weighted by Crippen LogP contribution is 2.38. The van der Waals surface area contributed by atoms with Crippen molar-refractivity contribution in [1.29, 1.82) is 0 Å². The van der Waals surface area contributed by atoms with Crippen LogP contribution < -0.4 is 0 Å². The summed E-state index contributed by atoms with van der Waals surface area (Å²) in [5.41, 5.74) is 10.8. The Morgan fingerprint density at radius 1 is 0.381 bits per heavy atom. The normalized spacial score (nSPS) is 11.5. The first kappa shape index (κ1) is 24.8. The van der Waals surface area contributed by atoms with Crippen molar-refractivity contribution in [3.63, 3.8) is 0 Å². The lowest BCUT2D eigenvalue weighted by atomic mass is 9.95. The number of nitrogens with zero attached hydrogens (tertiary/aromatic N) is 1. The molecule has 8 aromatic rings. The zero-order valence-electron chi connectivity index (χ0n) is 22.8. The second kappa shape index (κ2) is 10.2. The van der Waals surface area contributed by atoms with Gasteiger partial charge in [0.25, 0.3) is 0 Å². The summed E-state index contributed by atoms with van der Waals surface area (Å²) in [6.45, 7) is 0. The van der Waals surface area contributed by atoms with E-state index in [4.69, 9.17) is 0 Å². The first-order valence-corrected chi connectivity index (χ1v) is 15.0. The van der Waals surface area contributed by atoms with Crippen LogP contribution in [0.15, 0.2) is 162 Å². The summed E-state index contributed by atoms with van der Waals surface area (Å²) in [7, 11) is 0. The van der Waals surface area contributed by atoms with E-state index in [0.717, 1.165) is 4.47 Å². The molecule has 1 nitrogen and oxygen atoms in total. The number of rotatable bonds is 4. The fourth-order valence-corrected chi connectivity index (χ4v) is 6.71. The number of hydrogen-bond acceptors (Lipinski definition) is 0. The van der Waals surface area contributed by atoms with Gasteiger partial charge in [0.1, 0.15) is 0 Å². The third kappa shape index (κ3) is 4.15. The lowest BCUT2D eigenvalue weighted by Gasteiger charge is -2.12. The summed E-state index contributed by atoms with van der Waals surface area (Å²) < 4.78 is 3.46. The highest BCUT2D eigenvalue weighted by atomic mass is 79.9. The number of benzene rings is 7. The third-order valence-electron chi connectivity index (χ3n) is 8.28. The molecule has 0 bridgehead atoms. The Bertz CT molecular complexity index is 2240. The lowest BCUT2D eigenvalue weighted by Crippen LogP contribution is -1.93. The van der Waals surface area contributed by atoms with Gasteiger partial charge < -0.3 is 4.57 Å². The maximum Gasteiger partial charge on any atom is 0.0547 e. The van der Waals surface area contributed by atoms with Gasteiger partial charge in [-0.15, -0.1) is 0 Å². The van der Waals surface area contributed by atoms with Crippen molar-refractivity contribution in [2.45, 2.75) is 0 Å². The van der Waals surface area contributed by atoms with E-state index in [0.29, 0.717) is 0 Å². The zero-order chi connectivity index (χ0) is 28.0. The number of fused-ring (bicyclic) bond motifs is 4. The molecule has 7 aromatic carbocycles. The molecule has 0 atom stereocenters. The van der Waals surface area contributed by atoms with Crippen molar-refractivity contribution in [2.24, 2.45) is 0 Å². The van der Waals surface area contributed by atoms with Gasteiger partial charge in [0.2, 0.25) is 0 Å². The van der Waals surface area contributed by atoms with Crippen LogP contribution >= 0.6 is 15.9 Å². The third-order valence-corrected chi connectivity index (χ3v) is 8.98. The summed E-state index contributed by atoms with van der Waals surface area (Å²) in [4.78, 5) is 0. The Hall–Kier alpha value is -4.92. The molecular weight excluding hydrogens is 574 g/mol. The topological polar surface area (TPSA) is 4.93 Å². The first-order valence-electron chi connectivity index (χ1n) is 14.2. The summed E-state index contributed by atoms with van der Waals surface area (Å²) in [5.74, 6) is 0. The molecule has 0 saturated carbocycles. The molecule has 0 aliphatic heterocycles. The van der Waals surface area contributed by atoms with Gasteiger partial charge in [0.05, 0.1) is 11.0 Å². The maximum atomic E-state index is 3.86. The van der Waals surface area contributed by atoms with E-state index >= 15 is 0 Å². The predicted octanol–water partition coefficient (Wildman–Crippen LogP) is 11.7. The summed E-state index contributed by atoms with van der Waals surface area (Å²) in [6, 6.07) is 56.9. The van der Waals surface area contributed by atoms with E-state index in [-0.39, 0.29) is 0 Å². The van der Waals surface area contributed by atoms with Gasteiger partial charge in [-0.2, -0.15) is 0 Å². The van der Waals surface area contributed by atoms with Crippen LogP contribution in [-0.2, 0) is 0 Å². The van der Waals surface area contributed by atoms with Crippen molar-refractivity contribution in [3.05, 3.63) is 162 Å². The molecule has 8 rings (SSSR count). The molecule has 42 heavy (non-hydrogen) atoms. The van der Waals surface area contributed by atoms with Gasteiger partial charge in [-0.3, -0.25) is 0 Å². The van der Waals surface area contributed by atoms with Crippen molar-refractivity contribution < 1.29 is 0 Å². The van der Waals surface area contributed by atoms with Crippen LogP contribution in [0.5, 0.6) is 0 Å². The minimum absolute atomic E-state index is 1.08. The summed E-state index contributed by atoms with van der Waals surface area (Å²) in [6.07, 6.45) is 0. The van der Waals surface area contributed by atoms with E-state index in [1.807, 2.05) is 0 Å². The second-order valence-electron chi connectivity index (χ2n) is 10.7. The fraction of sp³-hybridized carbons (Fsp3) is 0. The van der Waals surface area contributed by atoms with Crippen LogP contribution in [-0.4, -0.2) is 4.57 Å². The second-order valence-corrected chi connectivity index (χ2v) is 11.6. The molecule has 198 valence electrons. The van der Waals surface area contributed by atoms with Crippen molar-refractivity contribution in [2.75, 3.05) is 0 Å². The molecule has 0 N–H and O–H groups in total. The first-order chi connectivity index (χ1) is 20.7. The highest BCUT2D eigenvalue weighted by molar-refractivity contribution is 9.10. The Morgan fingerprint density at radius 2 is 1.02 bits per heavy atom. The zero-order valence-corrected chi connectivity index (χ0v) is 24.4. The summed E-state index contributed by atoms with van der Waals surface area (Å²) >= 11 is 3.86. The van der Waals surface area contributed by atoms with Crippen molar-refractivity contribution in [3.8, 4) is 39.1 Å². The Labute approximate surface area is 253 Å². The molecule has 0 aliphatic rings. The Morgan fingerprint density at radius 3 is 1.88 bits per heavy atom. The van der Waals surface area contributed by atoms with E-state index < -0.39 is 0 Å². The van der Waals surface area contributed by atoms with Gasteiger partial charge in [-0.05, 0) is 80.6 Å². The molecule has 0 unspecified atom stereocenters. The Balaban J connectivity index is 1.22. The molecule has 0 amide bonds. The molecule has 0 aliphatic carbocycles. The maximum absolute atomic E-state index is 3.86. The van der Waals surface area contributed by atoms with E-state index in [9.17, 15) is 0 Å². The lowest BCUT2D eigenvalue weighted by molar-refractivity contribution is 1.18. The monoisotopic (exact) mass is 599 g/mol. The minimum Gasteiger partial charge on any atom is -0.309 e. The number of halogens is 1. The van der Waals surface area contributed by atoms with Gasteiger partial charge in [0.15, 0.2) is 0 Å². The van der Waals surface area contributed by atoms with Crippen molar-refractivity contribution >= 4 is 48.5 Å². The van der Waals surface area contributed by atoms with Gasteiger partial charge in [0, 0.05) is 20.9 Å². The molecule has 0 spiro atoms. The fourth-order valence-electron chi connectivity index (χ4n) is 6.24. The van der Waals surface area contributed by atoms with Crippen LogP contribution in [0.3, 0.4) is 0 Å². The van der Waals surface area contributed by atoms with E-state index in [2.05, 4.69) is 178 Å². The minimum atomic E-state index is 1.08. The van der Waals surface area contributed by atoms with E-state index in [1.165, 1.54) is 71.6 Å². The smallest absolute Gasteiger partial charge is 0.0547 e. The van der Waals surface area contributed by atoms with Crippen LogP contribution in [0.4, 0.5) is 0 Å². The number of para-hydroxylation sites is 2. The number of hydrogen-bond donors (Lipinski definition) is 0. The predicted molar refractivity (Wildman–Crippen MR) is 182 cm³/mol. The SMILES string of the molecule is Brc1ccc(-c2ccc(-c3cccc4ccccc34)cc2)cc1-c1ccc2c3ccccc3n(-c3ccccc3)c2c1.